The lowest BCUT2D eigenvalue weighted by Gasteiger charge is -2.01. The number of thiophene rings is 1. The summed E-state index contributed by atoms with van der Waals surface area (Å²) in [7, 11) is 0. The molecule has 0 unspecified atom stereocenters. The van der Waals surface area contributed by atoms with E-state index in [1.807, 2.05) is 25.3 Å². The van der Waals surface area contributed by atoms with Crippen LogP contribution in [0, 0.1) is 13.8 Å². The fourth-order valence-electron chi connectivity index (χ4n) is 1.46. The zero-order chi connectivity index (χ0) is 13.1. The van der Waals surface area contributed by atoms with E-state index in [-0.39, 0.29) is 5.91 Å². The van der Waals surface area contributed by atoms with Crippen LogP contribution in [0.2, 0.25) is 0 Å². The average Bonchev–Trinajstić information content (AvgIpc) is 2.87. The summed E-state index contributed by atoms with van der Waals surface area (Å²) in [5, 5.41) is 6.01. The van der Waals surface area contributed by atoms with E-state index in [0.717, 1.165) is 31.3 Å². The Labute approximate surface area is 122 Å². The van der Waals surface area contributed by atoms with Gasteiger partial charge in [-0.05, 0) is 41.4 Å². The molecule has 3 nitrogen and oxygen atoms in total. The van der Waals surface area contributed by atoms with Crippen LogP contribution in [-0.2, 0) is 6.42 Å². The van der Waals surface area contributed by atoms with Gasteiger partial charge in [0, 0.05) is 24.0 Å². The van der Waals surface area contributed by atoms with Crippen molar-refractivity contribution < 1.29 is 4.79 Å². The standard InChI is InChI=1S/C12H13BrN2OS2/c1-7-5-9(18-11(7)13)12(16)14-4-3-10-15-8(2)6-17-10/h5-6H,3-4H2,1-2H3,(H,14,16). The highest BCUT2D eigenvalue weighted by Crippen LogP contribution is 2.27. The molecule has 0 bridgehead atoms. The van der Waals surface area contributed by atoms with Crippen molar-refractivity contribution in [1.29, 1.82) is 0 Å². The van der Waals surface area contributed by atoms with Crippen LogP contribution in [-0.4, -0.2) is 17.4 Å². The lowest BCUT2D eigenvalue weighted by Crippen LogP contribution is -2.24. The first kappa shape index (κ1) is 13.7. The van der Waals surface area contributed by atoms with Crippen molar-refractivity contribution in [3.63, 3.8) is 0 Å². The first-order chi connectivity index (χ1) is 8.56. The van der Waals surface area contributed by atoms with Gasteiger partial charge in [-0.25, -0.2) is 4.98 Å². The number of hydrogen-bond donors (Lipinski definition) is 1. The second kappa shape index (κ2) is 5.95. The molecule has 1 N–H and O–H groups in total. The maximum absolute atomic E-state index is 11.9. The van der Waals surface area contributed by atoms with Crippen molar-refractivity contribution in [2.24, 2.45) is 0 Å². The Balaban J connectivity index is 1.85. The number of halogens is 1. The number of hydrogen-bond acceptors (Lipinski definition) is 4. The van der Waals surface area contributed by atoms with Gasteiger partial charge in [-0.3, -0.25) is 4.79 Å². The van der Waals surface area contributed by atoms with E-state index < -0.39 is 0 Å². The Morgan fingerprint density at radius 2 is 2.28 bits per heavy atom. The van der Waals surface area contributed by atoms with Crippen LogP contribution < -0.4 is 5.32 Å². The first-order valence-corrected chi connectivity index (χ1v) is 8.00. The Hall–Kier alpha value is -0.720. The Bertz CT molecular complexity index is 543. The fourth-order valence-corrected chi connectivity index (χ4v) is 3.69. The predicted molar refractivity (Wildman–Crippen MR) is 79.6 cm³/mol. The zero-order valence-corrected chi connectivity index (χ0v) is 13.3. The summed E-state index contributed by atoms with van der Waals surface area (Å²) in [5.41, 5.74) is 2.14. The van der Waals surface area contributed by atoms with Crippen LogP contribution in [0.4, 0.5) is 0 Å². The number of aromatic nitrogens is 1. The number of nitrogens with one attached hydrogen (secondary N) is 1. The topological polar surface area (TPSA) is 42.0 Å². The molecule has 0 saturated heterocycles. The second-order valence-electron chi connectivity index (χ2n) is 3.96. The van der Waals surface area contributed by atoms with Crippen molar-refractivity contribution in [2.45, 2.75) is 20.3 Å². The van der Waals surface area contributed by atoms with Gasteiger partial charge in [0.05, 0.1) is 13.7 Å². The van der Waals surface area contributed by atoms with Gasteiger partial charge in [0.2, 0.25) is 0 Å². The Kier molecular flexibility index (Phi) is 4.53. The summed E-state index contributed by atoms with van der Waals surface area (Å²) in [6.45, 7) is 4.58. The molecule has 2 aromatic rings. The highest BCUT2D eigenvalue weighted by Gasteiger charge is 2.10. The van der Waals surface area contributed by atoms with Crippen LogP contribution in [0.25, 0.3) is 0 Å². The molecule has 0 radical (unpaired) electrons. The Morgan fingerprint density at radius 1 is 1.50 bits per heavy atom. The highest BCUT2D eigenvalue weighted by atomic mass is 79.9. The molecule has 2 aromatic heterocycles. The van der Waals surface area contributed by atoms with Gasteiger partial charge < -0.3 is 5.32 Å². The molecule has 18 heavy (non-hydrogen) atoms. The van der Waals surface area contributed by atoms with Gasteiger partial charge in [-0.2, -0.15) is 0 Å². The lowest BCUT2D eigenvalue weighted by molar-refractivity contribution is 0.0958. The summed E-state index contributed by atoms with van der Waals surface area (Å²) in [6, 6.07) is 1.90. The maximum atomic E-state index is 11.9. The molecule has 0 atom stereocenters. The van der Waals surface area contributed by atoms with Gasteiger partial charge in [-0.1, -0.05) is 0 Å². The predicted octanol–water partition coefficient (Wildman–Crippen LogP) is 3.56. The largest absolute Gasteiger partial charge is 0.351 e. The van der Waals surface area contributed by atoms with Gasteiger partial charge in [-0.15, -0.1) is 22.7 Å². The van der Waals surface area contributed by atoms with Gasteiger partial charge in [0.1, 0.15) is 0 Å². The minimum absolute atomic E-state index is 0.0120. The van der Waals surface area contributed by atoms with Crippen LogP contribution in [0.5, 0.6) is 0 Å². The van der Waals surface area contributed by atoms with E-state index in [0.29, 0.717) is 6.54 Å². The van der Waals surface area contributed by atoms with Gasteiger partial charge in [0.15, 0.2) is 0 Å². The molecule has 0 aliphatic carbocycles. The van der Waals surface area contributed by atoms with E-state index in [2.05, 4.69) is 26.2 Å². The summed E-state index contributed by atoms with van der Waals surface area (Å²) < 4.78 is 1.02. The monoisotopic (exact) mass is 344 g/mol. The molecular weight excluding hydrogens is 332 g/mol. The molecule has 0 aliphatic rings. The molecule has 0 aliphatic heterocycles. The molecule has 0 fully saturated rings. The number of carbonyl (C=O) groups excluding carboxylic acids is 1. The van der Waals surface area contributed by atoms with Crippen LogP contribution in [0.15, 0.2) is 15.2 Å². The van der Waals surface area contributed by atoms with Gasteiger partial charge in [0.25, 0.3) is 5.91 Å². The quantitative estimate of drug-likeness (QED) is 0.921. The lowest BCUT2D eigenvalue weighted by atomic mass is 10.3. The number of carbonyl (C=O) groups is 1. The van der Waals surface area contributed by atoms with E-state index in [1.54, 1.807) is 11.3 Å². The summed E-state index contributed by atoms with van der Waals surface area (Å²) in [6.07, 6.45) is 0.787. The minimum Gasteiger partial charge on any atom is -0.351 e. The molecule has 0 spiro atoms. The van der Waals surface area contributed by atoms with Crippen LogP contribution >= 0.6 is 38.6 Å². The van der Waals surface area contributed by atoms with E-state index in [9.17, 15) is 4.79 Å². The van der Waals surface area contributed by atoms with E-state index >= 15 is 0 Å². The SMILES string of the molecule is Cc1csc(CCNC(=O)c2cc(C)c(Br)s2)n1. The third kappa shape index (κ3) is 3.40. The van der Waals surface area contributed by atoms with Crippen molar-refractivity contribution in [1.82, 2.24) is 10.3 Å². The third-order valence-corrected chi connectivity index (χ3v) is 5.53. The van der Waals surface area contributed by atoms with Crippen molar-refractivity contribution in [3.05, 3.63) is 36.4 Å². The average molecular weight is 345 g/mol. The fraction of sp³-hybridized carbons (Fsp3) is 0.333. The smallest absolute Gasteiger partial charge is 0.261 e. The maximum Gasteiger partial charge on any atom is 0.261 e. The molecule has 0 saturated carbocycles. The molecule has 1 amide bonds. The summed E-state index contributed by atoms with van der Waals surface area (Å²) in [5.74, 6) is -0.0120. The normalized spacial score (nSPS) is 10.6. The highest BCUT2D eigenvalue weighted by molar-refractivity contribution is 9.11. The van der Waals surface area contributed by atoms with E-state index in [1.165, 1.54) is 11.3 Å². The Morgan fingerprint density at radius 3 is 2.83 bits per heavy atom. The number of thiazole rings is 1. The summed E-state index contributed by atoms with van der Waals surface area (Å²) >= 11 is 6.52. The number of nitrogens with zero attached hydrogens (tertiary/aromatic N) is 1. The second-order valence-corrected chi connectivity index (χ2v) is 7.27. The minimum atomic E-state index is -0.0120. The first-order valence-electron chi connectivity index (χ1n) is 5.51. The van der Waals surface area contributed by atoms with Crippen LogP contribution in [0.3, 0.4) is 0 Å². The molecule has 2 heterocycles. The molecule has 2 rings (SSSR count). The van der Waals surface area contributed by atoms with Crippen molar-refractivity contribution in [3.8, 4) is 0 Å². The number of amides is 1. The summed E-state index contributed by atoms with van der Waals surface area (Å²) in [4.78, 5) is 17.0. The molecule has 96 valence electrons. The van der Waals surface area contributed by atoms with Crippen LogP contribution in [0.1, 0.15) is 25.9 Å². The van der Waals surface area contributed by atoms with Gasteiger partial charge >= 0.3 is 0 Å². The van der Waals surface area contributed by atoms with E-state index in [4.69, 9.17) is 0 Å². The zero-order valence-electron chi connectivity index (χ0n) is 10.1. The molecule has 0 aromatic carbocycles. The molecular formula is C12H13BrN2OS2. The number of rotatable bonds is 4. The molecule has 6 heteroatoms. The number of aryl methyl sites for hydroxylation is 2. The third-order valence-electron chi connectivity index (χ3n) is 2.37. The van der Waals surface area contributed by atoms with Crippen molar-refractivity contribution in [2.75, 3.05) is 6.54 Å². The van der Waals surface area contributed by atoms with Crippen molar-refractivity contribution >= 4 is 44.5 Å².